The summed E-state index contributed by atoms with van der Waals surface area (Å²) in [5.41, 5.74) is 0. The fraction of sp³-hybridized carbons (Fsp3) is 1.00. The van der Waals surface area contributed by atoms with Gasteiger partial charge in [0.1, 0.15) is 0 Å². The topological polar surface area (TPSA) is 12.4 Å². The average molecular weight is 136 g/mol. The normalized spacial score (nSPS) is 6.00. The number of rotatable bonds is 1. The molecule has 0 fully saturated rings. The molecule has 0 aromatic rings. The Labute approximate surface area is 38.2 Å². The molecule has 0 heterocycles. The van der Waals surface area contributed by atoms with Crippen LogP contribution in [-0.4, -0.2) is 6.54 Å². The number of hydrogen-bond acceptors (Lipinski definition) is 1. The summed E-state index contributed by atoms with van der Waals surface area (Å²) in [6.07, 6.45) is 0. The van der Waals surface area contributed by atoms with Gasteiger partial charge in [-0.15, -0.1) is 0 Å². The van der Waals surface area contributed by atoms with E-state index in [9.17, 15) is 0 Å². The van der Waals surface area contributed by atoms with Gasteiger partial charge in [0.2, 0.25) is 0 Å². The second-order valence-corrected chi connectivity index (χ2v) is 1.15. The van der Waals surface area contributed by atoms with E-state index in [0.717, 1.165) is 6.54 Å². The Morgan fingerprint density at radius 1 is 2.00 bits per heavy atom. The fourth-order valence-corrected chi connectivity index (χ4v) is 0. The van der Waals surface area contributed by atoms with E-state index >= 15 is 0 Å². The Kier molecular flexibility index (Phi) is 4.02. The molecule has 0 unspecified atom stereocenters. The van der Waals surface area contributed by atoms with Crippen molar-refractivity contribution in [3.63, 3.8) is 0 Å². The van der Waals surface area contributed by atoms with Crippen molar-refractivity contribution in [1.29, 1.82) is 0 Å². The Morgan fingerprint density at radius 2 is 2.25 bits per heavy atom. The second kappa shape index (κ2) is 3.54. The predicted molar refractivity (Wildman–Crippen MR) is 13.0 cm³/mol. The first-order chi connectivity index (χ1) is 1.91. The zero-order chi connectivity index (χ0) is 3.41. The third-order valence-electron chi connectivity index (χ3n) is 0.141. The third-order valence-corrected chi connectivity index (χ3v) is 0.837. The van der Waals surface area contributed by atoms with Crippen LogP contribution in [0.15, 0.2) is 3.34 Å². The summed E-state index contributed by atoms with van der Waals surface area (Å²) in [6.45, 7) is 2.99. The summed E-state index contributed by atoms with van der Waals surface area (Å²) < 4.78 is 3.79. The third kappa shape index (κ3) is 2.54. The Morgan fingerprint density at radius 3 is 2.25 bits per heavy atom. The molecule has 0 saturated carbocycles. The standard InChI is InChI=1S/C2H5N.Nb/c1-2-3;/h2H2,1H3;. The van der Waals surface area contributed by atoms with Crippen molar-refractivity contribution in [2.24, 2.45) is 3.34 Å². The molecule has 0 rings (SSSR count). The molecule has 0 radical (unpaired) electrons. The molecule has 23 valence electrons. The number of hydrogen-bond donors (Lipinski definition) is 0. The van der Waals surface area contributed by atoms with Crippen molar-refractivity contribution in [2.75, 3.05) is 6.54 Å². The van der Waals surface area contributed by atoms with Gasteiger partial charge >= 0.3 is 37.7 Å². The van der Waals surface area contributed by atoms with Crippen molar-refractivity contribution in [1.82, 2.24) is 0 Å². The molecule has 0 saturated heterocycles. The molecular formula is C2H5NNb. The van der Waals surface area contributed by atoms with E-state index in [2.05, 4.69) is 3.34 Å². The molecule has 0 bridgehead atoms. The Bertz CT molecular complexity index is 20.0. The molecule has 0 amide bonds. The van der Waals surface area contributed by atoms with Gasteiger partial charge in [0.25, 0.3) is 0 Å². The van der Waals surface area contributed by atoms with Gasteiger partial charge in [0.05, 0.1) is 0 Å². The van der Waals surface area contributed by atoms with E-state index in [0.29, 0.717) is 0 Å². The van der Waals surface area contributed by atoms with Crippen molar-refractivity contribution in [3.8, 4) is 0 Å². The van der Waals surface area contributed by atoms with Crippen LogP contribution in [-0.2, 0) is 20.9 Å². The van der Waals surface area contributed by atoms with E-state index in [1.165, 1.54) is 20.9 Å². The zero-order valence-corrected chi connectivity index (χ0v) is 4.80. The molecule has 4 heavy (non-hydrogen) atoms. The first-order valence-corrected chi connectivity index (χ1v) is 2.21. The van der Waals surface area contributed by atoms with Gasteiger partial charge in [-0.25, -0.2) is 0 Å². The van der Waals surface area contributed by atoms with Crippen LogP contribution in [0.25, 0.3) is 0 Å². The second-order valence-electron chi connectivity index (χ2n) is 0.458. The fourth-order valence-electron chi connectivity index (χ4n) is 0. The first kappa shape index (κ1) is 4.54. The Hall–Kier alpha value is 0.540. The van der Waals surface area contributed by atoms with Gasteiger partial charge in [-0.1, -0.05) is 0 Å². The first-order valence-electron chi connectivity index (χ1n) is 1.22. The Balaban J connectivity index is 2.30. The molecule has 0 aromatic heterocycles. The van der Waals surface area contributed by atoms with Crippen LogP contribution in [0.3, 0.4) is 0 Å². The van der Waals surface area contributed by atoms with E-state index < -0.39 is 0 Å². The van der Waals surface area contributed by atoms with Crippen molar-refractivity contribution < 1.29 is 20.9 Å². The maximum atomic E-state index is 3.79. The molecule has 0 N–H and O–H groups in total. The quantitative estimate of drug-likeness (QED) is 0.471. The van der Waals surface area contributed by atoms with Crippen LogP contribution in [0.5, 0.6) is 0 Å². The van der Waals surface area contributed by atoms with Crippen LogP contribution in [0.2, 0.25) is 0 Å². The average Bonchev–Trinajstić information content (AvgIpc) is 1.37. The van der Waals surface area contributed by atoms with Gasteiger partial charge < -0.3 is 0 Å². The SMILES string of the molecule is CC[N]=[Nb]. The summed E-state index contributed by atoms with van der Waals surface area (Å²) in [5, 5.41) is 0. The van der Waals surface area contributed by atoms with E-state index in [1.807, 2.05) is 6.92 Å². The molecule has 0 aromatic carbocycles. The number of nitrogens with zero attached hydrogens (tertiary/aromatic N) is 1. The molecule has 2 heteroatoms. The molecule has 0 aliphatic carbocycles. The summed E-state index contributed by atoms with van der Waals surface area (Å²) in [6, 6.07) is 0. The zero-order valence-electron chi connectivity index (χ0n) is 2.60. The van der Waals surface area contributed by atoms with Crippen LogP contribution in [0.1, 0.15) is 6.92 Å². The molecule has 1 nitrogen and oxygen atoms in total. The summed E-state index contributed by atoms with van der Waals surface area (Å²) in [5.74, 6) is 0. The van der Waals surface area contributed by atoms with Crippen LogP contribution in [0, 0.1) is 0 Å². The monoisotopic (exact) mass is 136 g/mol. The van der Waals surface area contributed by atoms with Gasteiger partial charge in [0.15, 0.2) is 0 Å². The van der Waals surface area contributed by atoms with E-state index in [-0.39, 0.29) is 0 Å². The van der Waals surface area contributed by atoms with Gasteiger partial charge in [-0.3, -0.25) is 0 Å². The molecule has 0 atom stereocenters. The van der Waals surface area contributed by atoms with Crippen molar-refractivity contribution in [2.45, 2.75) is 6.92 Å². The van der Waals surface area contributed by atoms with Crippen LogP contribution in [0.4, 0.5) is 0 Å². The van der Waals surface area contributed by atoms with Crippen molar-refractivity contribution in [3.05, 3.63) is 0 Å². The van der Waals surface area contributed by atoms with E-state index in [4.69, 9.17) is 0 Å². The summed E-state index contributed by atoms with van der Waals surface area (Å²) in [7, 11) is 0. The van der Waals surface area contributed by atoms with Crippen molar-refractivity contribution >= 4 is 0 Å². The molecule has 0 aliphatic heterocycles. The molecular weight excluding hydrogens is 131 g/mol. The van der Waals surface area contributed by atoms with Crippen LogP contribution < -0.4 is 0 Å². The van der Waals surface area contributed by atoms with E-state index in [1.54, 1.807) is 0 Å². The minimum atomic E-state index is 0.967. The van der Waals surface area contributed by atoms with Gasteiger partial charge in [-0.05, 0) is 0 Å². The van der Waals surface area contributed by atoms with Gasteiger partial charge in [0, 0.05) is 0 Å². The predicted octanol–water partition coefficient (Wildman–Crippen LogP) is 0.737. The van der Waals surface area contributed by atoms with Gasteiger partial charge in [-0.2, -0.15) is 0 Å². The van der Waals surface area contributed by atoms with Crippen LogP contribution >= 0.6 is 0 Å². The summed E-state index contributed by atoms with van der Waals surface area (Å²) in [4.78, 5) is 0. The minimum absolute atomic E-state index is 0.967. The maximum absolute atomic E-state index is 3.79. The molecule has 0 aliphatic rings. The molecule has 0 spiro atoms. The summed E-state index contributed by atoms with van der Waals surface area (Å²) >= 11 is 1.52.